The maximum absolute atomic E-state index is 12.0. The van der Waals surface area contributed by atoms with Crippen molar-refractivity contribution in [1.82, 2.24) is 5.32 Å². The van der Waals surface area contributed by atoms with Gasteiger partial charge in [0.2, 0.25) is 5.91 Å². The zero-order valence-corrected chi connectivity index (χ0v) is 15.4. The van der Waals surface area contributed by atoms with Gasteiger partial charge in [0.15, 0.2) is 11.5 Å². The molecule has 0 saturated heterocycles. The summed E-state index contributed by atoms with van der Waals surface area (Å²) in [5.74, 6) is 1.07. The number of fused-ring (bicyclic) bond motifs is 1. The van der Waals surface area contributed by atoms with Gasteiger partial charge in [-0.25, -0.2) is 0 Å². The summed E-state index contributed by atoms with van der Waals surface area (Å²) in [6.07, 6.45) is 0.647. The number of methoxy groups -OCH3 is 2. The van der Waals surface area contributed by atoms with Gasteiger partial charge < -0.3 is 20.1 Å². The summed E-state index contributed by atoms with van der Waals surface area (Å²) in [6, 6.07) is 9.11. The lowest BCUT2D eigenvalue weighted by atomic mass is 9.97. The third kappa shape index (κ3) is 3.84. The summed E-state index contributed by atoms with van der Waals surface area (Å²) in [5, 5.41) is 7.20. The van der Waals surface area contributed by atoms with Crippen LogP contribution in [0.4, 0.5) is 5.69 Å². The number of hydrogen-bond donors (Lipinski definition) is 2. The van der Waals surface area contributed by atoms with E-state index < -0.39 is 0 Å². The highest BCUT2D eigenvalue weighted by molar-refractivity contribution is 6.42. The number of carbonyl (C=O) groups excluding carboxylic acids is 1. The lowest BCUT2D eigenvalue weighted by Crippen LogP contribution is -2.28. The number of anilines is 1. The Morgan fingerprint density at radius 1 is 1.08 bits per heavy atom. The number of benzene rings is 2. The molecule has 0 aromatic heterocycles. The molecule has 2 N–H and O–H groups in total. The largest absolute Gasteiger partial charge is 0.493 e. The maximum Gasteiger partial charge on any atom is 0.238 e. The quantitative estimate of drug-likeness (QED) is 0.845. The summed E-state index contributed by atoms with van der Waals surface area (Å²) >= 11 is 12.1. The number of hydrogen-bond acceptors (Lipinski definition) is 4. The normalized spacial score (nSPS) is 16.6. The molecule has 3 rings (SSSR count). The van der Waals surface area contributed by atoms with Crippen LogP contribution in [-0.2, 0) is 11.2 Å². The minimum atomic E-state index is -0.106. The molecule has 0 saturated carbocycles. The van der Waals surface area contributed by atoms with Gasteiger partial charge in [0.1, 0.15) is 0 Å². The molecule has 7 heteroatoms. The first-order chi connectivity index (χ1) is 12.0. The molecule has 0 fully saturated rings. The molecule has 0 radical (unpaired) electrons. The van der Waals surface area contributed by atoms with E-state index in [0.717, 1.165) is 11.1 Å². The van der Waals surface area contributed by atoms with Gasteiger partial charge in [-0.15, -0.1) is 0 Å². The van der Waals surface area contributed by atoms with Crippen molar-refractivity contribution >= 4 is 34.8 Å². The molecule has 2 aromatic rings. The first kappa shape index (κ1) is 17.9. The molecular weight excluding hydrogens is 363 g/mol. The average Bonchev–Trinajstić information content (AvgIpc) is 2.75. The lowest BCUT2D eigenvalue weighted by Gasteiger charge is -2.20. The second kappa shape index (κ2) is 7.52. The van der Waals surface area contributed by atoms with E-state index in [0.29, 0.717) is 33.7 Å². The standard InChI is InChI=1S/C18H18Cl2N2O3/c1-24-16-7-11-14(6-10-3-4-12(19)13(20)5-10)21-9-18(23)22-15(11)8-17(16)25-2/h3-5,7-8,14,21H,6,9H2,1-2H3,(H,22,23). The van der Waals surface area contributed by atoms with E-state index in [1.165, 1.54) is 0 Å². The number of rotatable bonds is 4. The fraction of sp³-hybridized carbons (Fsp3) is 0.278. The SMILES string of the molecule is COc1cc2c(cc1OC)C(Cc1ccc(Cl)c(Cl)c1)NCC(=O)N2. The van der Waals surface area contributed by atoms with Crippen molar-refractivity contribution in [3.8, 4) is 11.5 Å². The van der Waals surface area contributed by atoms with Crippen LogP contribution in [0, 0.1) is 0 Å². The van der Waals surface area contributed by atoms with Crippen LogP contribution < -0.4 is 20.1 Å². The van der Waals surface area contributed by atoms with Crippen molar-refractivity contribution in [2.24, 2.45) is 0 Å². The Bertz CT molecular complexity index is 811. The van der Waals surface area contributed by atoms with Crippen LogP contribution in [0.3, 0.4) is 0 Å². The zero-order chi connectivity index (χ0) is 18.0. The molecule has 132 valence electrons. The van der Waals surface area contributed by atoms with E-state index >= 15 is 0 Å². The fourth-order valence-corrected chi connectivity index (χ4v) is 3.22. The number of nitrogens with one attached hydrogen (secondary N) is 2. The third-order valence-corrected chi connectivity index (χ3v) is 4.88. The van der Waals surface area contributed by atoms with Crippen molar-refractivity contribution < 1.29 is 14.3 Å². The first-order valence-corrected chi connectivity index (χ1v) is 8.50. The minimum absolute atomic E-state index is 0.0917. The van der Waals surface area contributed by atoms with E-state index in [1.807, 2.05) is 18.2 Å². The molecule has 2 aromatic carbocycles. The van der Waals surface area contributed by atoms with Crippen LogP contribution in [0.25, 0.3) is 0 Å². The van der Waals surface area contributed by atoms with Crippen LogP contribution in [0.15, 0.2) is 30.3 Å². The number of ether oxygens (including phenoxy) is 2. The Hall–Kier alpha value is -1.95. The van der Waals surface area contributed by atoms with Crippen molar-refractivity contribution in [1.29, 1.82) is 0 Å². The van der Waals surface area contributed by atoms with E-state index in [2.05, 4.69) is 10.6 Å². The Kier molecular flexibility index (Phi) is 5.37. The molecule has 1 aliphatic heterocycles. The second-order valence-corrected chi connectivity index (χ2v) is 6.54. The molecule has 0 aliphatic carbocycles. The summed E-state index contributed by atoms with van der Waals surface area (Å²) in [7, 11) is 3.15. The van der Waals surface area contributed by atoms with Crippen LogP contribution in [-0.4, -0.2) is 26.7 Å². The molecule has 1 amide bonds. The van der Waals surface area contributed by atoms with Gasteiger partial charge >= 0.3 is 0 Å². The Morgan fingerprint density at radius 2 is 1.80 bits per heavy atom. The van der Waals surface area contributed by atoms with Gasteiger partial charge in [-0.3, -0.25) is 4.79 Å². The van der Waals surface area contributed by atoms with E-state index in [1.54, 1.807) is 26.4 Å². The average molecular weight is 381 g/mol. The monoisotopic (exact) mass is 380 g/mol. The molecule has 1 atom stereocenters. The van der Waals surface area contributed by atoms with Crippen LogP contribution in [0.1, 0.15) is 17.2 Å². The highest BCUT2D eigenvalue weighted by Gasteiger charge is 2.24. The van der Waals surface area contributed by atoms with Crippen molar-refractivity contribution in [3.05, 3.63) is 51.5 Å². The number of carbonyl (C=O) groups is 1. The Labute approximate surface area is 156 Å². The predicted molar refractivity (Wildman–Crippen MR) is 99.1 cm³/mol. The molecule has 0 bridgehead atoms. The second-order valence-electron chi connectivity index (χ2n) is 5.73. The molecule has 1 aliphatic rings. The van der Waals surface area contributed by atoms with Gasteiger partial charge in [-0.1, -0.05) is 29.3 Å². The summed E-state index contributed by atoms with van der Waals surface area (Å²) in [4.78, 5) is 12.0. The van der Waals surface area contributed by atoms with E-state index in [9.17, 15) is 4.79 Å². The summed E-state index contributed by atoms with van der Waals surface area (Å²) in [6.45, 7) is 0.214. The number of halogens is 2. The van der Waals surface area contributed by atoms with Crippen molar-refractivity contribution in [2.45, 2.75) is 12.5 Å². The molecule has 5 nitrogen and oxygen atoms in total. The Morgan fingerprint density at radius 3 is 2.48 bits per heavy atom. The van der Waals surface area contributed by atoms with Crippen molar-refractivity contribution in [2.75, 3.05) is 26.1 Å². The highest BCUT2D eigenvalue weighted by Crippen LogP contribution is 2.38. The van der Waals surface area contributed by atoms with Crippen molar-refractivity contribution in [3.63, 3.8) is 0 Å². The predicted octanol–water partition coefficient (Wildman–Crippen LogP) is 3.84. The molecule has 1 unspecified atom stereocenters. The zero-order valence-electron chi connectivity index (χ0n) is 13.9. The van der Waals surface area contributed by atoms with Gasteiger partial charge in [0.05, 0.1) is 30.8 Å². The van der Waals surface area contributed by atoms with Gasteiger partial charge in [0.25, 0.3) is 0 Å². The molecule has 0 spiro atoms. The molecule has 1 heterocycles. The summed E-state index contributed by atoms with van der Waals surface area (Å²) in [5.41, 5.74) is 2.65. The maximum atomic E-state index is 12.0. The van der Waals surface area contributed by atoms with Crippen LogP contribution in [0.2, 0.25) is 10.0 Å². The first-order valence-electron chi connectivity index (χ1n) is 7.75. The van der Waals surface area contributed by atoms with Crippen LogP contribution >= 0.6 is 23.2 Å². The highest BCUT2D eigenvalue weighted by atomic mass is 35.5. The molecular formula is C18H18Cl2N2O3. The van der Waals surface area contributed by atoms with Gasteiger partial charge in [0, 0.05) is 17.8 Å². The summed E-state index contributed by atoms with van der Waals surface area (Å²) < 4.78 is 10.7. The smallest absolute Gasteiger partial charge is 0.238 e. The number of amides is 1. The van der Waals surface area contributed by atoms with E-state index in [-0.39, 0.29) is 18.5 Å². The lowest BCUT2D eigenvalue weighted by molar-refractivity contribution is -0.115. The van der Waals surface area contributed by atoms with E-state index in [4.69, 9.17) is 32.7 Å². The Balaban J connectivity index is 2.00. The third-order valence-electron chi connectivity index (χ3n) is 4.14. The minimum Gasteiger partial charge on any atom is -0.493 e. The van der Waals surface area contributed by atoms with Gasteiger partial charge in [-0.05, 0) is 35.7 Å². The fourth-order valence-electron chi connectivity index (χ4n) is 2.90. The van der Waals surface area contributed by atoms with Crippen LogP contribution in [0.5, 0.6) is 11.5 Å². The van der Waals surface area contributed by atoms with Gasteiger partial charge in [-0.2, -0.15) is 0 Å². The molecule has 25 heavy (non-hydrogen) atoms. The topological polar surface area (TPSA) is 59.6 Å².